The summed E-state index contributed by atoms with van der Waals surface area (Å²) in [6.07, 6.45) is 3.44. The number of rotatable bonds is 3. The minimum Gasteiger partial charge on any atom is -0.348 e. The SMILES string of the molecule is Cc1ccnc(NC(=O)C2CCN(c3nc(C)c(C)s3)CC2)c1. The van der Waals surface area contributed by atoms with Crippen molar-refractivity contribution in [3.05, 3.63) is 34.5 Å². The molecule has 0 aliphatic carbocycles. The van der Waals surface area contributed by atoms with Gasteiger partial charge in [0.1, 0.15) is 5.82 Å². The summed E-state index contributed by atoms with van der Waals surface area (Å²) in [7, 11) is 0. The smallest absolute Gasteiger partial charge is 0.228 e. The van der Waals surface area contributed by atoms with Crippen molar-refractivity contribution in [2.75, 3.05) is 23.3 Å². The molecule has 5 nitrogen and oxygen atoms in total. The van der Waals surface area contributed by atoms with Gasteiger partial charge in [-0.3, -0.25) is 4.79 Å². The van der Waals surface area contributed by atoms with Crippen molar-refractivity contribution < 1.29 is 4.79 Å². The van der Waals surface area contributed by atoms with Gasteiger partial charge in [-0.05, 0) is 51.3 Å². The number of nitrogens with one attached hydrogen (secondary N) is 1. The van der Waals surface area contributed by atoms with Crippen LogP contribution < -0.4 is 10.2 Å². The molecule has 0 saturated carbocycles. The summed E-state index contributed by atoms with van der Waals surface area (Å²) in [6, 6.07) is 3.82. The largest absolute Gasteiger partial charge is 0.348 e. The molecule has 1 N–H and O–H groups in total. The third kappa shape index (κ3) is 3.69. The minimum absolute atomic E-state index is 0.0516. The van der Waals surface area contributed by atoms with Crippen molar-refractivity contribution in [1.82, 2.24) is 9.97 Å². The Bertz CT molecular complexity index is 685. The Balaban J connectivity index is 1.57. The number of anilines is 2. The van der Waals surface area contributed by atoms with Crippen molar-refractivity contribution in [1.29, 1.82) is 0 Å². The fraction of sp³-hybridized carbons (Fsp3) is 0.471. The molecular formula is C17H22N4OS. The van der Waals surface area contributed by atoms with Crippen LogP contribution in [0.25, 0.3) is 0 Å². The lowest BCUT2D eigenvalue weighted by molar-refractivity contribution is -0.120. The number of pyridine rings is 1. The number of carbonyl (C=O) groups excluding carboxylic acids is 1. The van der Waals surface area contributed by atoms with Crippen molar-refractivity contribution in [3.8, 4) is 0 Å². The van der Waals surface area contributed by atoms with Gasteiger partial charge in [0.25, 0.3) is 0 Å². The number of piperidine rings is 1. The Hall–Kier alpha value is -1.95. The molecule has 1 fully saturated rings. The first-order chi connectivity index (χ1) is 11.0. The fourth-order valence-corrected chi connectivity index (χ4v) is 3.72. The number of hydrogen-bond donors (Lipinski definition) is 1. The summed E-state index contributed by atoms with van der Waals surface area (Å²) in [5.74, 6) is 0.772. The molecule has 1 amide bonds. The normalized spacial score (nSPS) is 15.7. The fourth-order valence-electron chi connectivity index (χ4n) is 2.76. The molecule has 1 aliphatic heterocycles. The van der Waals surface area contributed by atoms with Crippen molar-refractivity contribution in [3.63, 3.8) is 0 Å². The summed E-state index contributed by atoms with van der Waals surface area (Å²) >= 11 is 1.74. The second kappa shape index (κ2) is 6.66. The Morgan fingerprint density at radius 2 is 2.04 bits per heavy atom. The highest BCUT2D eigenvalue weighted by Gasteiger charge is 2.26. The van der Waals surface area contributed by atoms with Gasteiger partial charge in [0.15, 0.2) is 5.13 Å². The monoisotopic (exact) mass is 330 g/mol. The van der Waals surface area contributed by atoms with E-state index in [0.29, 0.717) is 5.82 Å². The van der Waals surface area contributed by atoms with Crippen LogP contribution in [0, 0.1) is 26.7 Å². The number of aromatic nitrogens is 2. The molecule has 3 rings (SSSR count). The number of thiazole rings is 1. The molecule has 0 spiro atoms. The van der Waals surface area contributed by atoms with E-state index in [4.69, 9.17) is 0 Å². The maximum atomic E-state index is 12.4. The van der Waals surface area contributed by atoms with E-state index in [9.17, 15) is 4.79 Å². The second-order valence-corrected chi connectivity index (χ2v) is 7.29. The van der Waals surface area contributed by atoms with E-state index >= 15 is 0 Å². The van der Waals surface area contributed by atoms with Gasteiger partial charge in [-0.15, -0.1) is 11.3 Å². The zero-order chi connectivity index (χ0) is 16.4. The third-order valence-corrected chi connectivity index (χ3v) is 5.45. The molecule has 6 heteroatoms. The molecule has 0 bridgehead atoms. The quantitative estimate of drug-likeness (QED) is 0.938. The number of nitrogens with zero attached hydrogens (tertiary/aromatic N) is 3. The molecule has 2 aromatic rings. The van der Waals surface area contributed by atoms with Gasteiger partial charge in [-0.1, -0.05) is 0 Å². The molecule has 122 valence electrons. The first-order valence-electron chi connectivity index (χ1n) is 7.95. The predicted molar refractivity (Wildman–Crippen MR) is 94.1 cm³/mol. The number of aryl methyl sites for hydroxylation is 3. The van der Waals surface area contributed by atoms with Crippen molar-refractivity contribution >= 4 is 28.2 Å². The molecule has 1 aliphatic rings. The molecule has 2 aromatic heterocycles. The van der Waals surface area contributed by atoms with Gasteiger partial charge >= 0.3 is 0 Å². The standard InChI is InChI=1S/C17H22N4OS/c1-11-4-7-18-15(10-11)20-16(22)14-5-8-21(9-6-14)17-19-12(2)13(3)23-17/h4,7,10,14H,5-6,8-9H2,1-3H3,(H,18,20,22). The van der Waals surface area contributed by atoms with E-state index in [1.807, 2.05) is 26.0 Å². The number of amides is 1. The highest BCUT2D eigenvalue weighted by atomic mass is 32.1. The molecule has 0 atom stereocenters. The average molecular weight is 330 g/mol. The highest BCUT2D eigenvalue weighted by Crippen LogP contribution is 2.29. The van der Waals surface area contributed by atoms with Gasteiger partial charge in [-0.25, -0.2) is 9.97 Å². The van der Waals surface area contributed by atoms with E-state index in [0.717, 1.165) is 42.3 Å². The van der Waals surface area contributed by atoms with Crippen molar-refractivity contribution in [2.45, 2.75) is 33.6 Å². The lowest BCUT2D eigenvalue weighted by Gasteiger charge is -2.31. The highest BCUT2D eigenvalue weighted by molar-refractivity contribution is 7.15. The zero-order valence-electron chi connectivity index (χ0n) is 13.8. The molecule has 0 radical (unpaired) electrons. The first-order valence-corrected chi connectivity index (χ1v) is 8.77. The van der Waals surface area contributed by atoms with Gasteiger partial charge in [0.2, 0.25) is 5.91 Å². The van der Waals surface area contributed by atoms with E-state index in [1.54, 1.807) is 17.5 Å². The van der Waals surface area contributed by atoms with Crippen LogP contribution in [-0.4, -0.2) is 29.0 Å². The Kier molecular flexibility index (Phi) is 4.61. The van der Waals surface area contributed by atoms with Gasteiger partial charge < -0.3 is 10.2 Å². The summed E-state index contributed by atoms with van der Waals surface area (Å²) < 4.78 is 0. The van der Waals surface area contributed by atoms with Gasteiger partial charge in [-0.2, -0.15) is 0 Å². The molecule has 23 heavy (non-hydrogen) atoms. The van der Waals surface area contributed by atoms with Crippen LogP contribution >= 0.6 is 11.3 Å². The Morgan fingerprint density at radius 1 is 1.30 bits per heavy atom. The second-order valence-electron chi connectivity index (χ2n) is 6.11. The number of hydrogen-bond acceptors (Lipinski definition) is 5. The lowest BCUT2D eigenvalue weighted by Crippen LogP contribution is -2.38. The van der Waals surface area contributed by atoms with Gasteiger partial charge in [0.05, 0.1) is 5.69 Å². The summed E-state index contributed by atoms with van der Waals surface area (Å²) in [5, 5.41) is 4.02. The maximum Gasteiger partial charge on any atom is 0.228 e. The minimum atomic E-state index is 0.0516. The first kappa shape index (κ1) is 15.9. The Labute approximate surface area is 140 Å². The zero-order valence-corrected chi connectivity index (χ0v) is 14.6. The average Bonchev–Trinajstić information content (AvgIpc) is 2.87. The topological polar surface area (TPSA) is 58.1 Å². The molecule has 1 saturated heterocycles. The van der Waals surface area contributed by atoms with Crippen LogP contribution in [0.15, 0.2) is 18.3 Å². The van der Waals surface area contributed by atoms with Crippen LogP contribution in [0.1, 0.15) is 29.0 Å². The molecule has 0 aromatic carbocycles. The summed E-state index contributed by atoms with van der Waals surface area (Å²) in [5.41, 5.74) is 2.20. The van der Waals surface area contributed by atoms with Crippen LogP contribution in [-0.2, 0) is 4.79 Å². The number of carbonyl (C=O) groups is 1. The molecule has 0 unspecified atom stereocenters. The Morgan fingerprint density at radius 3 is 2.65 bits per heavy atom. The van der Waals surface area contributed by atoms with E-state index < -0.39 is 0 Å². The van der Waals surface area contributed by atoms with Crippen LogP contribution in [0.4, 0.5) is 10.9 Å². The van der Waals surface area contributed by atoms with Crippen molar-refractivity contribution in [2.24, 2.45) is 5.92 Å². The van der Waals surface area contributed by atoms with Crippen LogP contribution in [0.2, 0.25) is 0 Å². The summed E-state index contributed by atoms with van der Waals surface area (Å²) in [6.45, 7) is 7.90. The van der Waals surface area contributed by atoms with Crippen LogP contribution in [0.5, 0.6) is 0 Å². The lowest BCUT2D eigenvalue weighted by atomic mass is 9.96. The van der Waals surface area contributed by atoms with Gasteiger partial charge in [0, 0.05) is 30.1 Å². The van der Waals surface area contributed by atoms with E-state index in [-0.39, 0.29) is 11.8 Å². The third-order valence-electron chi connectivity index (χ3n) is 4.32. The van der Waals surface area contributed by atoms with E-state index in [1.165, 1.54) is 4.88 Å². The maximum absolute atomic E-state index is 12.4. The van der Waals surface area contributed by atoms with Crippen LogP contribution in [0.3, 0.4) is 0 Å². The predicted octanol–water partition coefficient (Wildman–Crippen LogP) is 3.32. The molecule has 3 heterocycles. The van der Waals surface area contributed by atoms with E-state index in [2.05, 4.69) is 27.1 Å². The summed E-state index contributed by atoms with van der Waals surface area (Å²) in [4.78, 5) is 24.8. The molecular weight excluding hydrogens is 308 g/mol.